The molecule has 6 nitrogen and oxygen atoms in total. The highest BCUT2D eigenvalue weighted by molar-refractivity contribution is 7.99. The molecule has 0 atom stereocenters. The van der Waals surface area contributed by atoms with E-state index in [1.54, 1.807) is 25.0 Å². The number of nitrogens with zero attached hydrogens (tertiary/aromatic N) is 3. The molecule has 160 valence electrons. The summed E-state index contributed by atoms with van der Waals surface area (Å²) in [6.45, 7) is 2.66. The second-order valence-corrected chi connectivity index (χ2v) is 7.73. The van der Waals surface area contributed by atoms with Crippen molar-refractivity contribution in [2.45, 2.75) is 18.2 Å². The second kappa shape index (κ2) is 11.3. The fourth-order valence-electron chi connectivity index (χ4n) is 2.97. The minimum absolute atomic E-state index is 0.264. The molecule has 0 unspecified atom stereocenters. The van der Waals surface area contributed by atoms with Crippen molar-refractivity contribution in [1.82, 2.24) is 9.97 Å². The molecule has 3 aromatic rings. The number of ether oxygens (including phenoxy) is 1. The highest BCUT2D eigenvalue weighted by atomic mass is 32.2. The van der Waals surface area contributed by atoms with Crippen LogP contribution in [0.15, 0.2) is 76.8 Å². The molecule has 0 fully saturated rings. The van der Waals surface area contributed by atoms with Gasteiger partial charge in [0.25, 0.3) is 0 Å². The number of anilines is 1. The molecule has 7 heteroatoms. The Balaban J connectivity index is 1.98. The number of thioether (sulfide) groups is 1. The van der Waals surface area contributed by atoms with E-state index in [1.807, 2.05) is 54.6 Å². The fourth-order valence-corrected chi connectivity index (χ4v) is 3.81. The quantitative estimate of drug-likeness (QED) is 0.233. The van der Waals surface area contributed by atoms with Crippen LogP contribution in [0.5, 0.6) is 0 Å². The van der Waals surface area contributed by atoms with E-state index in [1.165, 1.54) is 0 Å². The van der Waals surface area contributed by atoms with Gasteiger partial charge in [0.1, 0.15) is 5.76 Å². The van der Waals surface area contributed by atoms with Crippen molar-refractivity contribution in [3.05, 3.63) is 78.1 Å². The maximum Gasteiger partial charge on any atom is 0.244 e. The van der Waals surface area contributed by atoms with Gasteiger partial charge < -0.3 is 16.2 Å². The van der Waals surface area contributed by atoms with Crippen molar-refractivity contribution in [2.75, 3.05) is 25.1 Å². The first-order valence-corrected chi connectivity index (χ1v) is 11.1. The largest absolute Gasteiger partial charge is 0.437 e. The number of nitrogen functional groups attached to an aromatic ring is 1. The van der Waals surface area contributed by atoms with Gasteiger partial charge in [-0.3, -0.25) is 4.99 Å². The van der Waals surface area contributed by atoms with Gasteiger partial charge >= 0.3 is 0 Å². The molecular formula is C24H27N5OS. The van der Waals surface area contributed by atoms with Crippen LogP contribution in [0.2, 0.25) is 0 Å². The minimum atomic E-state index is 0.264. The summed E-state index contributed by atoms with van der Waals surface area (Å²) < 4.78 is 6.19. The molecule has 31 heavy (non-hydrogen) atoms. The zero-order chi connectivity index (χ0) is 22.1. The van der Waals surface area contributed by atoms with Gasteiger partial charge in [0, 0.05) is 35.4 Å². The van der Waals surface area contributed by atoms with Gasteiger partial charge in [-0.1, -0.05) is 55.5 Å². The van der Waals surface area contributed by atoms with Crippen molar-refractivity contribution in [3.8, 4) is 11.3 Å². The van der Waals surface area contributed by atoms with E-state index in [0.29, 0.717) is 29.6 Å². The highest BCUT2D eigenvalue weighted by Gasteiger charge is 2.18. The molecule has 3 rings (SSSR count). The Morgan fingerprint density at radius 2 is 1.87 bits per heavy atom. The molecule has 0 bridgehead atoms. The van der Waals surface area contributed by atoms with Crippen LogP contribution in [0, 0.1) is 0 Å². The predicted octanol–water partition coefficient (Wildman–Crippen LogP) is 4.62. The number of hydrogen-bond acceptors (Lipinski definition) is 7. The van der Waals surface area contributed by atoms with Gasteiger partial charge in [0.2, 0.25) is 5.90 Å². The Hall–Kier alpha value is -3.16. The molecule has 1 aromatic heterocycles. The lowest BCUT2D eigenvalue weighted by Gasteiger charge is -2.14. The van der Waals surface area contributed by atoms with Gasteiger partial charge in [0.05, 0.1) is 11.9 Å². The van der Waals surface area contributed by atoms with E-state index in [-0.39, 0.29) is 5.82 Å². The number of allylic oxidation sites excluding steroid dienone is 1. The van der Waals surface area contributed by atoms with Crippen LogP contribution in [0.3, 0.4) is 0 Å². The molecule has 1 heterocycles. The summed E-state index contributed by atoms with van der Waals surface area (Å²) in [6.07, 6.45) is 4.49. The zero-order valence-electron chi connectivity index (χ0n) is 17.8. The highest BCUT2D eigenvalue weighted by Crippen LogP contribution is 2.31. The lowest BCUT2D eigenvalue weighted by molar-refractivity contribution is 0.504. The average molecular weight is 434 g/mol. The lowest BCUT2D eigenvalue weighted by atomic mass is 10.1. The minimum Gasteiger partial charge on any atom is -0.437 e. The summed E-state index contributed by atoms with van der Waals surface area (Å²) in [4.78, 5) is 14.6. The van der Waals surface area contributed by atoms with Crippen LogP contribution in [-0.4, -0.2) is 35.2 Å². The van der Waals surface area contributed by atoms with E-state index in [4.69, 9.17) is 21.2 Å². The number of aliphatic imine (C=N–C) groups is 1. The van der Waals surface area contributed by atoms with E-state index >= 15 is 0 Å². The van der Waals surface area contributed by atoms with Crippen LogP contribution in [0.1, 0.15) is 24.6 Å². The Labute approximate surface area is 187 Å². The normalized spacial score (nSPS) is 12.1. The van der Waals surface area contributed by atoms with Crippen molar-refractivity contribution >= 4 is 29.2 Å². The molecule has 0 aliphatic heterocycles. The van der Waals surface area contributed by atoms with Gasteiger partial charge in [-0.05, 0) is 18.6 Å². The third-order valence-electron chi connectivity index (χ3n) is 4.40. The smallest absolute Gasteiger partial charge is 0.244 e. The monoisotopic (exact) mass is 433 g/mol. The van der Waals surface area contributed by atoms with Gasteiger partial charge in [-0.25, -0.2) is 9.97 Å². The summed E-state index contributed by atoms with van der Waals surface area (Å²) in [5.41, 5.74) is 14.9. The Morgan fingerprint density at radius 1 is 1.13 bits per heavy atom. The van der Waals surface area contributed by atoms with E-state index < -0.39 is 0 Å². The van der Waals surface area contributed by atoms with Crippen molar-refractivity contribution in [2.24, 2.45) is 10.7 Å². The van der Waals surface area contributed by atoms with E-state index in [2.05, 4.69) is 23.0 Å². The SMILES string of the molecule is CCC=C(OC(=NC)c1nc(-c2ccccc2SCCN)cnc1N)c1ccccc1. The first kappa shape index (κ1) is 22.5. The van der Waals surface area contributed by atoms with Crippen molar-refractivity contribution in [1.29, 1.82) is 0 Å². The zero-order valence-corrected chi connectivity index (χ0v) is 18.6. The van der Waals surface area contributed by atoms with Crippen molar-refractivity contribution < 1.29 is 4.74 Å². The van der Waals surface area contributed by atoms with Crippen LogP contribution in [0.4, 0.5) is 5.82 Å². The maximum absolute atomic E-state index is 6.19. The molecule has 0 spiro atoms. The molecule has 4 N–H and O–H groups in total. The summed E-state index contributed by atoms with van der Waals surface area (Å²) in [5.74, 6) is 2.11. The Bertz CT molecular complexity index is 1070. The molecule has 0 saturated carbocycles. The summed E-state index contributed by atoms with van der Waals surface area (Å²) in [5, 5.41) is 0. The van der Waals surface area contributed by atoms with Crippen LogP contribution < -0.4 is 11.5 Å². The summed E-state index contributed by atoms with van der Waals surface area (Å²) >= 11 is 1.69. The number of aromatic nitrogens is 2. The molecule has 0 saturated heterocycles. The van der Waals surface area contributed by atoms with Gasteiger partial charge in [-0.15, -0.1) is 11.8 Å². The number of benzene rings is 2. The Kier molecular flexibility index (Phi) is 8.20. The van der Waals surface area contributed by atoms with E-state index in [9.17, 15) is 0 Å². The Morgan fingerprint density at radius 3 is 2.58 bits per heavy atom. The first-order chi connectivity index (χ1) is 15.2. The molecule has 0 aliphatic carbocycles. The predicted molar refractivity (Wildman–Crippen MR) is 130 cm³/mol. The molecule has 0 radical (unpaired) electrons. The van der Waals surface area contributed by atoms with E-state index in [0.717, 1.165) is 28.2 Å². The molecule has 0 amide bonds. The number of rotatable bonds is 8. The van der Waals surface area contributed by atoms with Crippen molar-refractivity contribution in [3.63, 3.8) is 0 Å². The third kappa shape index (κ3) is 5.71. The van der Waals surface area contributed by atoms with Crippen LogP contribution >= 0.6 is 11.8 Å². The summed E-state index contributed by atoms with van der Waals surface area (Å²) in [7, 11) is 1.66. The molecular weight excluding hydrogens is 406 g/mol. The maximum atomic E-state index is 6.19. The number of hydrogen-bond donors (Lipinski definition) is 2. The average Bonchev–Trinajstić information content (AvgIpc) is 2.82. The van der Waals surface area contributed by atoms with Crippen LogP contribution in [0.25, 0.3) is 17.0 Å². The third-order valence-corrected chi connectivity index (χ3v) is 5.51. The molecule has 2 aromatic carbocycles. The van der Waals surface area contributed by atoms with Gasteiger partial charge in [0.15, 0.2) is 11.5 Å². The topological polar surface area (TPSA) is 99.4 Å². The first-order valence-electron chi connectivity index (χ1n) is 10.1. The van der Waals surface area contributed by atoms with Gasteiger partial charge in [-0.2, -0.15) is 0 Å². The summed E-state index contributed by atoms with van der Waals surface area (Å²) in [6, 6.07) is 17.9. The standard InChI is InChI=1S/C24H27N5OS/c1-3-9-20(17-10-5-4-6-11-17)30-24(27-2)22-23(26)28-16-19(29-22)18-12-7-8-13-21(18)31-15-14-25/h4-13,16H,3,14-15,25H2,1-2H3,(H2,26,28). The van der Waals surface area contributed by atoms with Crippen LogP contribution in [-0.2, 0) is 4.74 Å². The fraction of sp³-hybridized carbons (Fsp3) is 0.208. The second-order valence-electron chi connectivity index (χ2n) is 6.60. The lowest BCUT2D eigenvalue weighted by Crippen LogP contribution is -2.13. The number of nitrogens with two attached hydrogens (primary N) is 2. The molecule has 0 aliphatic rings.